The highest BCUT2D eigenvalue weighted by Crippen LogP contribution is 2.22. The molecule has 1 fully saturated rings. The molecule has 1 heterocycles. The van der Waals surface area contributed by atoms with Crippen molar-refractivity contribution in [3.8, 4) is 0 Å². The summed E-state index contributed by atoms with van der Waals surface area (Å²) in [6.45, 7) is 2.61. The quantitative estimate of drug-likeness (QED) is 0.869. The highest BCUT2D eigenvalue weighted by molar-refractivity contribution is 5.88. The van der Waals surface area contributed by atoms with E-state index in [1.165, 1.54) is 18.2 Å². The highest BCUT2D eigenvalue weighted by Gasteiger charge is 2.20. The fraction of sp³-hybridized carbons (Fsp3) is 0.462. The molecule has 1 aromatic carbocycles. The van der Waals surface area contributed by atoms with Crippen molar-refractivity contribution in [2.45, 2.75) is 31.9 Å². The van der Waals surface area contributed by atoms with E-state index in [4.69, 9.17) is 9.84 Å². The third-order valence-corrected chi connectivity index (χ3v) is 3.06. The number of carboxylic acids is 1. The molecule has 2 atom stereocenters. The minimum atomic E-state index is -1.06. The summed E-state index contributed by atoms with van der Waals surface area (Å²) in [6, 6.07) is 3.88. The Kier molecular flexibility index (Phi) is 3.81. The lowest BCUT2D eigenvalue weighted by Crippen LogP contribution is -2.32. The van der Waals surface area contributed by atoms with E-state index in [0.29, 0.717) is 6.61 Å². The van der Waals surface area contributed by atoms with Crippen molar-refractivity contribution in [3.63, 3.8) is 0 Å². The number of benzene rings is 1. The molecular weight excluding hydrogens is 237 g/mol. The smallest absolute Gasteiger partial charge is 0.335 e. The van der Waals surface area contributed by atoms with Crippen molar-refractivity contribution >= 4 is 11.7 Å². The molecule has 1 aliphatic heterocycles. The van der Waals surface area contributed by atoms with E-state index in [2.05, 4.69) is 5.32 Å². The molecule has 2 rings (SSSR count). The first-order valence-electron chi connectivity index (χ1n) is 5.97. The largest absolute Gasteiger partial charge is 0.478 e. The van der Waals surface area contributed by atoms with Crippen LogP contribution in [0.25, 0.3) is 0 Å². The van der Waals surface area contributed by atoms with Crippen molar-refractivity contribution in [2.24, 2.45) is 0 Å². The summed E-state index contributed by atoms with van der Waals surface area (Å²) in [6.07, 6.45) is 1.72. The van der Waals surface area contributed by atoms with Crippen LogP contribution in [0.5, 0.6) is 0 Å². The first-order chi connectivity index (χ1) is 8.56. The third kappa shape index (κ3) is 2.98. The molecule has 0 spiro atoms. The van der Waals surface area contributed by atoms with Gasteiger partial charge in [-0.05, 0) is 38.0 Å². The van der Waals surface area contributed by atoms with Crippen LogP contribution in [-0.4, -0.2) is 29.8 Å². The number of anilines is 1. The van der Waals surface area contributed by atoms with Crippen LogP contribution in [0.4, 0.5) is 10.1 Å². The molecule has 2 N–H and O–H groups in total. The Labute approximate surface area is 105 Å². The molecule has 18 heavy (non-hydrogen) atoms. The molecule has 0 radical (unpaired) electrons. The van der Waals surface area contributed by atoms with Crippen LogP contribution < -0.4 is 5.32 Å². The Morgan fingerprint density at radius 3 is 3.00 bits per heavy atom. The van der Waals surface area contributed by atoms with Crippen LogP contribution in [-0.2, 0) is 4.74 Å². The summed E-state index contributed by atoms with van der Waals surface area (Å²) >= 11 is 0. The van der Waals surface area contributed by atoms with Gasteiger partial charge >= 0.3 is 5.97 Å². The summed E-state index contributed by atoms with van der Waals surface area (Å²) in [5.41, 5.74) is 0.327. The maximum atomic E-state index is 13.6. The Hall–Kier alpha value is -1.62. The molecule has 0 aliphatic carbocycles. The lowest BCUT2D eigenvalue weighted by molar-refractivity contribution is 0.0231. The maximum Gasteiger partial charge on any atom is 0.335 e. The zero-order valence-corrected chi connectivity index (χ0v) is 10.1. The van der Waals surface area contributed by atoms with Crippen LogP contribution in [0.2, 0.25) is 0 Å². The molecule has 1 aromatic rings. The topological polar surface area (TPSA) is 58.6 Å². The number of ether oxygens (including phenoxy) is 1. The van der Waals surface area contributed by atoms with Crippen molar-refractivity contribution in [3.05, 3.63) is 29.6 Å². The van der Waals surface area contributed by atoms with Gasteiger partial charge in [-0.3, -0.25) is 0 Å². The summed E-state index contributed by atoms with van der Waals surface area (Å²) in [5, 5.41) is 11.9. The lowest BCUT2D eigenvalue weighted by atomic mass is 10.0. The number of halogens is 1. The molecule has 98 valence electrons. The first kappa shape index (κ1) is 12.8. The van der Waals surface area contributed by atoms with Gasteiger partial charge in [-0.2, -0.15) is 0 Å². The fourth-order valence-electron chi connectivity index (χ4n) is 2.12. The second kappa shape index (κ2) is 5.35. The number of carboxylic acid groups (broad SMARTS) is 1. The van der Waals surface area contributed by atoms with Gasteiger partial charge < -0.3 is 15.2 Å². The van der Waals surface area contributed by atoms with E-state index in [9.17, 15) is 9.18 Å². The van der Waals surface area contributed by atoms with E-state index >= 15 is 0 Å². The van der Waals surface area contributed by atoms with E-state index in [1.807, 2.05) is 6.92 Å². The van der Waals surface area contributed by atoms with Crippen LogP contribution in [0.15, 0.2) is 18.2 Å². The standard InChI is InChI=1S/C13H16FNO3/c1-8-6-10(4-5-18-8)15-12-7-9(13(16)17)2-3-11(12)14/h2-3,7-8,10,15H,4-6H2,1H3,(H,16,17). The van der Waals surface area contributed by atoms with Crippen LogP contribution in [0.1, 0.15) is 30.1 Å². The van der Waals surface area contributed by atoms with Gasteiger partial charge in [0.15, 0.2) is 0 Å². The molecular formula is C13H16FNO3. The van der Waals surface area contributed by atoms with Crippen LogP contribution in [0, 0.1) is 5.82 Å². The fourth-order valence-corrected chi connectivity index (χ4v) is 2.12. The van der Waals surface area contributed by atoms with Gasteiger partial charge in [0.2, 0.25) is 0 Å². The highest BCUT2D eigenvalue weighted by atomic mass is 19.1. The van der Waals surface area contributed by atoms with Gasteiger partial charge in [-0.15, -0.1) is 0 Å². The monoisotopic (exact) mass is 253 g/mol. The predicted octanol–water partition coefficient (Wildman–Crippen LogP) is 2.50. The molecule has 5 heteroatoms. The first-order valence-corrected chi connectivity index (χ1v) is 5.97. The Morgan fingerprint density at radius 1 is 1.56 bits per heavy atom. The normalized spacial score (nSPS) is 23.7. The summed E-state index contributed by atoms with van der Waals surface area (Å²) in [7, 11) is 0. The van der Waals surface area contributed by atoms with Gasteiger partial charge in [0.05, 0.1) is 17.4 Å². The Balaban J connectivity index is 2.12. The van der Waals surface area contributed by atoms with E-state index in [-0.39, 0.29) is 23.4 Å². The van der Waals surface area contributed by atoms with Crippen LogP contribution >= 0.6 is 0 Å². The van der Waals surface area contributed by atoms with Crippen molar-refractivity contribution < 1.29 is 19.0 Å². The van der Waals surface area contributed by atoms with E-state index < -0.39 is 11.8 Å². The predicted molar refractivity (Wildman–Crippen MR) is 65.4 cm³/mol. The average Bonchev–Trinajstić information content (AvgIpc) is 2.31. The van der Waals surface area contributed by atoms with E-state index in [1.54, 1.807) is 0 Å². The van der Waals surface area contributed by atoms with Crippen molar-refractivity contribution in [2.75, 3.05) is 11.9 Å². The molecule has 1 aliphatic rings. The summed E-state index contributed by atoms with van der Waals surface area (Å²) in [4.78, 5) is 10.8. The maximum absolute atomic E-state index is 13.6. The number of nitrogens with one attached hydrogen (secondary N) is 1. The summed E-state index contributed by atoms with van der Waals surface area (Å²) < 4.78 is 19.0. The number of aromatic carboxylic acids is 1. The summed E-state index contributed by atoms with van der Waals surface area (Å²) in [5.74, 6) is -1.49. The van der Waals surface area contributed by atoms with Crippen LogP contribution in [0.3, 0.4) is 0 Å². The minimum absolute atomic E-state index is 0.0824. The average molecular weight is 253 g/mol. The molecule has 1 saturated heterocycles. The SMILES string of the molecule is CC1CC(Nc2cc(C(=O)O)ccc2F)CCO1. The molecule has 2 unspecified atom stereocenters. The Bertz CT molecular complexity index is 450. The molecule has 4 nitrogen and oxygen atoms in total. The third-order valence-electron chi connectivity index (χ3n) is 3.06. The molecule has 0 saturated carbocycles. The minimum Gasteiger partial charge on any atom is -0.478 e. The molecule has 0 aromatic heterocycles. The van der Waals surface area contributed by atoms with Crippen molar-refractivity contribution in [1.29, 1.82) is 0 Å². The molecule has 0 bridgehead atoms. The Morgan fingerprint density at radius 2 is 2.33 bits per heavy atom. The zero-order valence-electron chi connectivity index (χ0n) is 10.1. The number of rotatable bonds is 3. The van der Waals surface area contributed by atoms with Gasteiger partial charge in [-0.1, -0.05) is 0 Å². The van der Waals surface area contributed by atoms with Gasteiger partial charge in [0.25, 0.3) is 0 Å². The van der Waals surface area contributed by atoms with Crippen molar-refractivity contribution in [1.82, 2.24) is 0 Å². The van der Waals surface area contributed by atoms with Gasteiger partial charge in [0.1, 0.15) is 5.82 Å². The lowest BCUT2D eigenvalue weighted by Gasteiger charge is -2.28. The second-order valence-electron chi connectivity index (χ2n) is 4.55. The second-order valence-corrected chi connectivity index (χ2v) is 4.55. The number of hydrogen-bond donors (Lipinski definition) is 2. The van der Waals surface area contributed by atoms with E-state index in [0.717, 1.165) is 12.8 Å². The zero-order chi connectivity index (χ0) is 13.1. The van der Waals surface area contributed by atoms with Gasteiger partial charge in [0, 0.05) is 12.6 Å². The van der Waals surface area contributed by atoms with Gasteiger partial charge in [-0.25, -0.2) is 9.18 Å². The molecule has 0 amide bonds. The number of carbonyl (C=O) groups is 1. The number of hydrogen-bond acceptors (Lipinski definition) is 3.